The molecule has 3 heteroatoms. The zero-order valence-electron chi connectivity index (χ0n) is 12.6. The normalized spacial score (nSPS) is 12.9. The van der Waals surface area contributed by atoms with Crippen LogP contribution in [0.5, 0.6) is 5.75 Å². The maximum atomic E-state index is 11.4. The molecule has 0 radical (unpaired) electrons. The molecule has 0 atom stereocenters. The molecule has 1 aliphatic rings. The van der Waals surface area contributed by atoms with Gasteiger partial charge in [0.1, 0.15) is 12.4 Å². The van der Waals surface area contributed by atoms with E-state index in [4.69, 9.17) is 4.74 Å². The maximum Gasteiger partial charge on any atom is 0.337 e. The lowest BCUT2D eigenvalue weighted by atomic mass is 10.1. The first-order valence-corrected chi connectivity index (χ1v) is 7.28. The van der Waals surface area contributed by atoms with Gasteiger partial charge < -0.3 is 9.47 Å². The first kappa shape index (κ1) is 14.4. The zero-order valence-corrected chi connectivity index (χ0v) is 12.6. The first-order chi connectivity index (χ1) is 10.7. The van der Waals surface area contributed by atoms with Gasteiger partial charge in [-0.1, -0.05) is 24.8 Å². The number of carbonyl (C=O) groups is 1. The molecule has 0 saturated heterocycles. The molecule has 2 aromatic rings. The molecule has 0 amide bonds. The van der Waals surface area contributed by atoms with E-state index < -0.39 is 0 Å². The lowest BCUT2D eigenvalue weighted by molar-refractivity contribution is 0.0600. The van der Waals surface area contributed by atoms with Crippen LogP contribution in [0.15, 0.2) is 49.0 Å². The Balaban J connectivity index is 1.65. The Hall–Kier alpha value is -2.55. The highest BCUT2D eigenvalue weighted by Crippen LogP contribution is 2.33. The summed E-state index contributed by atoms with van der Waals surface area (Å²) in [5, 5.41) is 0. The average Bonchev–Trinajstić information content (AvgIpc) is 2.93. The number of allylic oxidation sites excluding steroid dienone is 1. The molecule has 0 bridgehead atoms. The van der Waals surface area contributed by atoms with Crippen LogP contribution in [0.2, 0.25) is 0 Å². The predicted octanol–water partition coefficient (Wildman–Crippen LogP) is 4.01. The third kappa shape index (κ3) is 2.89. The standard InChI is InChI=1S/C19H18O3/c1-13-3-6-16-11-17(9-10-18(13)16)22-12-14-4-7-15(8-5-14)19(20)21-2/h4-5,7-11H,1,3,6,12H2,2H3. The summed E-state index contributed by atoms with van der Waals surface area (Å²) >= 11 is 0. The molecule has 112 valence electrons. The Morgan fingerprint density at radius 1 is 1.14 bits per heavy atom. The quantitative estimate of drug-likeness (QED) is 0.799. The van der Waals surface area contributed by atoms with Gasteiger partial charge in [0.15, 0.2) is 0 Å². The van der Waals surface area contributed by atoms with Crippen LogP contribution in [-0.4, -0.2) is 13.1 Å². The molecule has 3 nitrogen and oxygen atoms in total. The van der Waals surface area contributed by atoms with Gasteiger partial charge >= 0.3 is 5.97 Å². The minimum Gasteiger partial charge on any atom is -0.489 e. The molecule has 3 rings (SSSR count). The molecule has 0 N–H and O–H groups in total. The van der Waals surface area contributed by atoms with E-state index in [2.05, 4.69) is 23.4 Å². The van der Waals surface area contributed by atoms with Crippen molar-refractivity contribution in [1.29, 1.82) is 0 Å². The van der Waals surface area contributed by atoms with E-state index in [9.17, 15) is 4.79 Å². The van der Waals surface area contributed by atoms with Gasteiger partial charge in [-0.2, -0.15) is 0 Å². The van der Waals surface area contributed by atoms with Gasteiger partial charge in [-0.05, 0) is 59.4 Å². The van der Waals surface area contributed by atoms with E-state index in [1.165, 1.54) is 23.8 Å². The lowest BCUT2D eigenvalue weighted by Gasteiger charge is -2.09. The Morgan fingerprint density at radius 3 is 2.64 bits per heavy atom. The molecule has 0 fully saturated rings. The molecule has 1 aliphatic carbocycles. The van der Waals surface area contributed by atoms with Gasteiger partial charge in [0.2, 0.25) is 0 Å². The van der Waals surface area contributed by atoms with Crippen molar-refractivity contribution in [2.45, 2.75) is 19.4 Å². The number of esters is 1. The molecule has 22 heavy (non-hydrogen) atoms. The van der Waals surface area contributed by atoms with Crippen LogP contribution in [0.4, 0.5) is 0 Å². The number of fused-ring (bicyclic) bond motifs is 1. The van der Waals surface area contributed by atoms with Crippen molar-refractivity contribution in [2.24, 2.45) is 0 Å². The van der Waals surface area contributed by atoms with Crippen molar-refractivity contribution in [3.63, 3.8) is 0 Å². The third-order valence-electron chi connectivity index (χ3n) is 3.93. The van der Waals surface area contributed by atoms with Crippen LogP contribution < -0.4 is 4.74 Å². The summed E-state index contributed by atoms with van der Waals surface area (Å²) in [5.74, 6) is 0.539. The fourth-order valence-corrected chi connectivity index (χ4v) is 2.65. The topological polar surface area (TPSA) is 35.5 Å². The number of hydrogen-bond acceptors (Lipinski definition) is 3. The lowest BCUT2D eigenvalue weighted by Crippen LogP contribution is -2.02. The van der Waals surface area contributed by atoms with E-state index in [-0.39, 0.29) is 5.97 Å². The SMILES string of the molecule is C=C1CCc2cc(OCc3ccc(C(=O)OC)cc3)ccc21. The van der Waals surface area contributed by atoms with Crippen molar-refractivity contribution in [2.75, 3.05) is 7.11 Å². The van der Waals surface area contributed by atoms with Gasteiger partial charge in [-0.25, -0.2) is 4.79 Å². The van der Waals surface area contributed by atoms with Crippen LogP contribution in [0.1, 0.15) is 33.5 Å². The number of benzene rings is 2. The fourth-order valence-electron chi connectivity index (χ4n) is 2.65. The minimum absolute atomic E-state index is 0.327. The summed E-state index contributed by atoms with van der Waals surface area (Å²) < 4.78 is 10.5. The zero-order chi connectivity index (χ0) is 15.5. The minimum atomic E-state index is -0.327. The van der Waals surface area contributed by atoms with E-state index in [0.717, 1.165) is 24.2 Å². The molecule has 0 unspecified atom stereocenters. The summed E-state index contributed by atoms with van der Waals surface area (Å²) in [7, 11) is 1.38. The second kappa shape index (κ2) is 6.06. The molecule has 0 heterocycles. The largest absolute Gasteiger partial charge is 0.489 e. The summed E-state index contributed by atoms with van der Waals surface area (Å²) in [6.07, 6.45) is 2.08. The molecule has 2 aromatic carbocycles. The molecule has 0 spiro atoms. The average molecular weight is 294 g/mol. The van der Waals surface area contributed by atoms with E-state index in [1.54, 1.807) is 12.1 Å². The van der Waals surface area contributed by atoms with Gasteiger partial charge in [-0.15, -0.1) is 0 Å². The third-order valence-corrected chi connectivity index (χ3v) is 3.93. The molecule has 0 saturated carbocycles. The Bertz CT molecular complexity index is 714. The highest BCUT2D eigenvalue weighted by molar-refractivity contribution is 5.89. The summed E-state index contributed by atoms with van der Waals surface area (Å²) in [6, 6.07) is 13.4. The number of ether oxygens (including phenoxy) is 2. The van der Waals surface area contributed by atoms with Crippen LogP contribution >= 0.6 is 0 Å². The first-order valence-electron chi connectivity index (χ1n) is 7.28. The van der Waals surface area contributed by atoms with Crippen LogP contribution in [0.25, 0.3) is 5.57 Å². The van der Waals surface area contributed by atoms with Gasteiger partial charge in [0, 0.05) is 0 Å². The van der Waals surface area contributed by atoms with E-state index in [1.807, 2.05) is 18.2 Å². The highest BCUT2D eigenvalue weighted by atomic mass is 16.5. The second-order valence-corrected chi connectivity index (χ2v) is 5.40. The van der Waals surface area contributed by atoms with Gasteiger partial charge in [0.05, 0.1) is 12.7 Å². The smallest absolute Gasteiger partial charge is 0.337 e. The monoisotopic (exact) mass is 294 g/mol. The Morgan fingerprint density at radius 2 is 1.91 bits per heavy atom. The summed E-state index contributed by atoms with van der Waals surface area (Å²) in [4.78, 5) is 11.4. The number of methoxy groups -OCH3 is 1. The van der Waals surface area contributed by atoms with Crippen molar-refractivity contribution in [1.82, 2.24) is 0 Å². The van der Waals surface area contributed by atoms with Crippen LogP contribution in [0, 0.1) is 0 Å². The fraction of sp³-hybridized carbons (Fsp3) is 0.211. The number of carbonyl (C=O) groups excluding carboxylic acids is 1. The summed E-state index contributed by atoms with van der Waals surface area (Å²) in [5.41, 5.74) is 5.33. The second-order valence-electron chi connectivity index (χ2n) is 5.40. The van der Waals surface area contributed by atoms with Crippen molar-refractivity contribution < 1.29 is 14.3 Å². The van der Waals surface area contributed by atoms with Crippen LogP contribution in [0.3, 0.4) is 0 Å². The van der Waals surface area contributed by atoms with Crippen molar-refractivity contribution in [3.05, 3.63) is 71.3 Å². The number of aryl methyl sites for hydroxylation is 1. The molecule has 0 aliphatic heterocycles. The molecular weight excluding hydrogens is 276 g/mol. The van der Waals surface area contributed by atoms with E-state index >= 15 is 0 Å². The number of rotatable bonds is 4. The predicted molar refractivity (Wildman–Crippen MR) is 85.9 cm³/mol. The van der Waals surface area contributed by atoms with Crippen molar-refractivity contribution >= 4 is 11.5 Å². The Kier molecular flexibility index (Phi) is 3.96. The summed E-state index contributed by atoms with van der Waals surface area (Å²) in [6.45, 7) is 4.54. The molecule has 0 aromatic heterocycles. The highest BCUT2D eigenvalue weighted by Gasteiger charge is 2.14. The Labute approximate surface area is 130 Å². The van der Waals surface area contributed by atoms with Gasteiger partial charge in [-0.3, -0.25) is 0 Å². The van der Waals surface area contributed by atoms with Crippen molar-refractivity contribution in [3.8, 4) is 5.75 Å². The molecular formula is C19H18O3. The van der Waals surface area contributed by atoms with Crippen LogP contribution in [-0.2, 0) is 17.8 Å². The maximum absolute atomic E-state index is 11.4. The van der Waals surface area contributed by atoms with E-state index in [0.29, 0.717) is 12.2 Å². The number of hydrogen-bond donors (Lipinski definition) is 0. The van der Waals surface area contributed by atoms with Gasteiger partial charge in [0.25, 0.3) is 0 Å².